The first kappa shape index (κ1) is 17.0. The van der Waals surface area contributed by atoms with Crippen LogP contribution in [0.3, 0.4) is 0 Å². The Kier molecular flexibility index (Phi) is 4.91. The molecule has 0 amide bonds. The van der Waals surface area contributed by atoms with Gasteiger partial charge in [0.15, 0.2) is 11.5 Å². The summed E-state index contributed by atoms with van der Waals surface area (Å²) in [6.45, 7) is -2.45. The molecule has 2 fully saturated rings. The molecule has 130 valence electrons. The highest BCUT2D eigenvalue weighted by Gasteiger charge is 2.37. The van der Waals surface area contributed by atoms with Crippen molar-refractivity contribution in [1.82, 2.24) is 0 Å². The second-order valence-electron chi connectivity index (χ2n) is 6.72. The van der Waals surface area contributed by atoms with Crippen LogP contribution in [0.2, 0.25) is 0 Å². The van der Waals surface area contributed by atoms with Gasteiger partial charge in [0.05, 0.1) is 24.2 Å². The lowest BCUT2D eigenvalue weighted by Gasteiger charge is -2.33. The molecule has 0 bridgehead atoms. The first-order valence-electron chi connectivity index (χ1n) is 8.34. The summed E-state index contributed by atoms with van der Waals surface area (Å²) in [5, 5.41) is 19.4. The molecule has 0 unspecified atom stereocenters. The molecule has 0 radical (unpaired) electrons. The number of nitriles is 1. The minimum absolute atomic E-state index is 0.00154. The molecular formula is C18H21F2NO3. The lowest BCUT2D eigenvalue weighted by Crippen LogP contribution is -2.32. The highest BCUT2D eigenvalue weighted by Crippen LogP contribution is 2.42. The van der Waals surface area contributed by atoms with Gasteiger partial charge in [-0.25, -0.2) is 0 Å². The standard InChI is InChI=1S/C18H21F2NO3/c19-17(20)24-15-4-3-13(9-16(15)23-10-12-1-2-12)18(11-21)7-5-14(22)6-8-18/h3-4,9,12,14,17,22H,1-2,5-8,10H2. The summed E-state index contributed by atoms with van der Waals surface area (Å²) in [7, 11) is 0. The van der Waals surface area contributed by atoms with Gasteiger partial charge < -0.3 is 14.6 Å². The molecule has 4 nitrogen and oxygen atoms in total. The molecule has 0 aromatic heterocycles. The van der Waals surface area contributed by atoms with Gasteiger partial charge >= 0.3 is 6.61 Å². The minimum atomic E-state index is -2.92. The topological polar surface area (TPSA) is 62.5 Å². The van der Waals surface area contributed by atoms with Crippen LogP contribution in [-0.2, 0) is 5.41 Å². The van der Waals surface area contributed by atoms with Crippen LogP contribution < -0.4 is 9.47 Å². The number of alkyl halides is 2. The Morgan fingerprint density at radius 1 is 1.21 bits per heavy atom. The van der Waals surface area contributed by atoms with Gasteiger partial charge in [0.1, 0.15) is 0 Å². The smallest absolute Gasteiger partial charge is 0.387 e. The second kappa shape index (κ2) is 6.94. The molecule has 24 heavy (non-hydrogen) atoms. The maximum absolute atomic E-state index is 12.6. The van der Waals surface area contributed by atoms with E-state index in [0.717, 1.165) is 18.4 Å². The Bertz CT molecular complexity index is 617. The zero-order valence-electron chi connectivity index (χ0n) is 13.4. The first-order valence-corrected chi connectivity index (χ1v) is 8.34. The molecule has 1 aromatic carbocycles. The minimum Gasteiger partial charge on any atom is -0.489 e. The third-order valence-corrected chi connectivity index (χ3v) is 4.91. The highest BCUT2D eigenvalue weighted by atomic mass is 19.3. The SMILES string of the molecule is N#CC1(c2ccc(OC(F)F)c(OCC3CC3)c2)CCC(O)CC1. The molecule has 0 atom stereocenters. The van der Waals surface area contributed by atoms with Crippen LogP contribution in [0.5, 0.6) is 11.5 Å². The molecule has 2 saturated carbocycles. The van der Waals surface area contributed by atoms with E-state index in [2.05, 4.69) is 10.8 Å². The number of hydrogen-bond donors (Lipinski definition) is 1. The van der Waals surface area contributed by atoms with Gasteiger partial charge in [0.25, 0.3) is 0 Å². The predicted octanol–water partition coefficient (Wildman–Crippen LogP) is 3.77. The van der Waals surface area contributed by atoms with Gasteiger partial charge in [-0.05, 0) is 62.1 Å². The van der Waals surface area contributed by atoms with E-state index in [1.807, 2.05) is 0 Å². The number of rotatable bonds is 6. The van der Waals surface area contributed by atoms with Gasteiger partial charge in [0.2, 0.25) is 0 Å². The molecule has 0 aliphatic heterocycles. The molecule has 0 heterocycles. The fourth-order valence-electron chi connectivity index (χ4n) is 3.16. The fourth-order valence-corrected chi connectivity index (χ4v) is 3.16. The van der Waals surface area contributed by atoms with Crippen LogP contribution in [0, 0.1) is 17.2 Å². The summed E-state index contributed by atoms with van der Waals surface area (Å²) in [4.78, 5) is 0. The van der Waals surface area contributed by atoms with Gasteiger partial charge in [-0.2, -0.15) is 14.0 Å². The van der Waals surface area contributed by atoms with Crippen molar-refractivity contribution in [2.75, 3.05) is 6.61 Å². The van der Waals surface area contributed by atoms with E-state index >= 15 is 0 Å². The number of benzene rings is 1. The van der Waals surface area contributed by atoms with Crippen molar-refractivity contribution >= 4 is 0 Å². The Labute approximate surface area is 140 Å². The van der Waals surface area contributed by atoms with Gasteiger partial charge in [0, 0.05) is 0 Å². The number of ether oxygens (including phenoxy) is 2. The zero-order valence-corrected chi connectivity index (χ0v) is 13.4. The maximum atomic E-state index is 12.6. The number of aliphatic hydroxyl groups excluding tert-OH is 1. The summed E-state index contributed by atoms with van der Waals surface area (Å²) in [5.41, 5.74) is 0.0321. The van der Waals surface area contributed by atoms with Crippen LogP contribution in [0.4, 0.5) is 8.78 Å². The second-order valence-corrected chi connectivity index (χ2v) is 6.72. The molecule has 1 aromatic rings. The fraction of sp³-hybridized carbons (Fsp3) is 0.611. The van der Waals surface area contributed by atoms with Crippen LogP contribution in [0.25, 0.3) is 0 Å². The van der Waals surface area contributed by atoms with Crippen molar-refractivity contribution in [3.05, 3.63) is 23.8 Å². The van der Waals surface area contributed by atoms with Crippen molar-refractivity contribution in [2.45, 2.75) is 56.7 Å². The van der Waals surface area contributed by atoms with Crippen LogP contribution in [0.15, 0.2) is 18.2 Å². The third kappa shape index (κ3) is 3.78. The monoisotopic (exact) mass is 337 g/mol. The molecule has 1 N–H and O–H groups in total. The van der Waals surface area contributed by atoms with E-state index in [1.54, 1.807) is 12.1 Å². The van der Waals surface area contributed by atoms with Crippen molar-refractivity contribution in [2.24, 2.45) is 5.92 Å². The Balaban J connectivity index is 1.86. The highest BCUT2D eigenvalue weighted by molar-refractivity contribution is 5.47. The first-order chi connectivity index (χ1) is 11.5. The summed E-state index contributed by atoms with van der Waals surface area (Å²) in [6.07, 6.45) is 4.00. The van der Waals surface area contributed by atoms with Crippen molar-refractivity contribution in [1.29, 1.82) is 5.26 Å². The van der Waals surface area contributed by atoms with Crippen LogP contribution >= 0.6 is 0 Å². The van der Waals surface area contributed by atoms with Crippen LogP contribution in [-0.4, -0.2) is 24.4 Å². The molecule has 3 rings (SSSR count). The predicted molar refractivity (Wildman–Crippen MR) is 83.1 cm³/mol. The van der Waals surface area contributed by atoms with Crippen LogP contribution in [0.1, 0.15) is 44.1 Å². The Hall–Kier alpha value is -1.87. The molecular weight excluding hydrogens is 316 g/mol. The molecule has 2 aliphatic rings. The Morgan fingerprint density at radius 3 is 2.50 bits per heavy atom. The van der Waals surface area contributed by atoms with Crippen molar-refractivity contribution in [3.63, 3.8) is 0 Å². The van der Waals surface area contributed by atoms with Crippen molar-refractivity contribution < 1.29 is 23.4 Å². The van der Waals surface area contributed by atoms with Crippen molar-refractivity contribution in [3.8, 4) is 17.6 Å². The molecule has 6 heteroatoms. The van der Waals surface area contributed by atoms with E-state index in [0.29, 0.717) is 38.2 Å². The third-order valence-electron chi connectivity index (χ3n) is 4.91. The largest absolute Gasteiger partial charge is 0.489 e. The number of halogens is 2. The normalized spacial score (nSPS) is 26.9. The average Bonchev–Trinajstić information content (AvgIpc) is 3.39. The zero-order chi connectivity index (χ0) is 17.2. The maximum Gasteiger partial charge on any atom is 0.387 e. The van der Waals surface area contributed by atoms with E-state index in [9.17, 15) is 19.1 Å². The summed E-state index contributed by atoms with van der Waals surface area (Å²) in [6, 6.07) is 7.12. The van der Waals surface area contributed by atoms with Gasteiger partial charge in [-0.3, -0.25) is 0 Å². The molecule has 2 aliphatic carbocycles. The number of nitrogens with zero attached hydrogens (tertiary/aromatic N) is 1. The lowest BCUT2D eigenvalue weighted by atomic mass is 9.70. The number of aliphatic hydroxyl groups is 1. The van der Waals surface area contributed by atoms with E-state index in [4.69, 9.17) is 4.74 Å². The summed E-state index contributed by atoms with van der Waals surface area (Å²) >= 11 is 0. The lowest BCUT2D eigenvalue weighted by molar-refractivity contribution is -0.0515. The van der Waals surface area contributed by atoms with E-state index < -0.39 is 12.0 Å². The van der Waals surface area contributed by atoms with E-state index in [1.165, 1.54) is 6.07 Å². The van der Waals surface area contributed by atoms with E-state index in [-0.39, 0.29) is 17.6 Å². The Morgan fingerprint density at radius 2 is 1.92 bits per heavy atom. The summed E-state index contributed by atoms with van der Waals surface area (Å²) < 4.78 is 35.4. The quantitative estimate of drug-likeness (QED) is 0.858. The number of hydrogen-bond acceptors (Lipinski definition) is 4. The van der Waals surface area contributed by atoms with Gasteiger partial charge in [-0.1, -0.05) is 6.07 Å². The molecule has 0 saturated heterocycles. The average molecular weight is 337 g/mol. The molecule has 0 spiro atoms. The summed E-state index contributed by atoms with van der Waals surface area (Å²) in [5.74, 6) is 0.738. The van der Waals surface area contributed by atoms with Gasteiger partial charge in [-0.15, -0.1) is 0 Å².